The smallest absolute Gasteiger partial charge is 0.0695 e. The van der Waals surface area contributed by atoms with E-state index in [4.69, 9.17) is 0 Å². The summed E-state index contributed by atoms with van der Waals surface area (Å²) < 4.78 is 0. The van der Waals surface area contributed by atoms with Crippen LogP contribution in [0.3, 0.4) is 0 Å². The van der Waals surface area contributed by atoms with Gasteiger partial charge in [-0.2, -0.15) is 0 Å². The predicted molar refractivity (Wildman–Crippen MR) is 89.5 cm³/mol. The molecule has 2 aliphatic rings. The van der Waals surface area contributed by atoms with E-state index >= 15 is 0 Å². The van der Waals surface area contributed by atoms with Crippen LogP contribution in [0.5, 0.6) is 0 Å². The van der Waals surface area contributed by atoms with E-state index < -0.39 is 0 Å². The van der Waals surface area contributed by atoms with Crippen LogP contribution < -0.4 is 0 Å². The number of rotatable bonds is 4. The summed E-state index contributed by atoms with van der Waals surface area (Å²) in [4.78, 5) is 5.13. The first-order valence-electron chi connectivity index (χ1n) is 9.01. The summed E-state index contributed by atoms with van der Waals surface area (Å²) in [7, 11) is 0. The highest BCUT2D eigenvalue weighted by Gasteiger charge is 2.39. The summed E-state index contributed by atoms with van der Waals surface area (Å²) in [5.41, 5.74) is 0.415. The lowest BCUT2D eigenvalue weighted by Gasteiger charge is -2.48. The quantitative estimate of drug-likeness (QED) is 0.864. The van der Waals surface area contributed by atoms with Gasteiger partial charge in [0, 0.05) is 38.3 Å². The number of piperazine rings is 1. The van der Waals surface area contributed by atoms with E-state index in [1.807, 2.05) is 0 Å². The summed E-state index contributed by atoms with van der Waals surface area (Å²) >= 11 is 0. The monoisotopic (exact) mass is 296 g/mol. The topological polar surface area (TPSA) is 26.7 Å². The van der Waals surface area contributed by atoms with Gasteiger partial charge in [-0.15, -0.1) is 0 Å². The van der Waals surface area contributed by atoms with Crippen molar-refractivity contribution in [2.75, 3.05) is 26.2 Å². The normalized spacial score (nSPS) is 33.6. The maximum atomic E-state index is 10.5. The Morgan fingerprint density at radius 3 is 2.24 bits per heavy atom. The van der Waals surface area contributed by atoms with Crippen molar-refractivity contribution < 1.29 is 5.11 Å². The van der Waals surface area contributed by atoms with Gasteiger partial charge >= 0.3 is 0 Å². The van der Waals surface area contributed by atoms with Gasteiger partial charge in [0.2, 0.25) is 0 Å². The third-order valence-corrected chi connectivity index (χ3v) is 6.35. The van der Waals surface area contributed by atoms with E-state index in [9.17, 15) is 5.11 Å². The first kappa shape index (κ1) is 17.2. The molecule has 1 N–H and O–H groups in total. The standard InChI is InChI=1S/C18H36N2O/c1-6-18(4,5)15-7-8-17(21)16(13-15)20-11-9-19(10-12-20)14(2)3/h14-17,21H,6-13H2,1-5H3. The molecule has 1 heterocycles. The van der Waals surface area contributed by atoms with Gasteiger partial charge in [0.1, 0.15) is 0 Å². The zero-order chi connectivity index (χ0) is 15.6. The van der Waals surface area contributed by atoms with E-state index in [1.165, 1.54) is 19.3 Å². The van der Waals surface area contributed by atoms with Crippen molar-refractivity contribution in [1.82, 2.24) is 9.80 Å². The number of aliphatic hydroxyl groups is 1. The van der Waals surface area contributed by atoms with Crippen molar-refractivity contribution in [2.45, 2.75) is 78.5 Å². The third-order valence-electron chi connectivity index (χ3n) is 6.35. The van der Waals surface area contributed by atoms with E-state index in [-0.39, 0.29) is 6.10 Å². The second kappa shape index (κ2) is 6.97. The fraction of sp³-hybridized carbons (Fsp3) is 1.00. The molecule has 2 rings (SSSR count). The molecule has 1 aliphatic carbocycles. The second-order valence-corrected chi connectivity index (χ2v) is 8.15. The summed E-state index contributed by atoms with van der Waals surface area (Å²) in [6, 6.07) is 1.04. The zero-order valence-corrected chi connectivity index (χ0v) is 14.8. The van der Waals surface area contributed by atoms with Crippen molar-refractivity contribution in [3.8, 4) is 0 Å². The first-order chi connectivity index (χ1) is 9.85. The summed E-state index contributed by atoms with van der Waals surface area (Å²) in [5.74, 6) is 0.763. The molecule has 0 aromatic carbocycles. The molecular weight excluding hydrogens is 260 g/mol. The Hall–Kier alpha value is -0.120. The maximum Gasteiger partial charge on any atom is 0.0695 e. The molecule has 0 spiro atoms. The highest BCUT2D eigenvalue weighted by Crippen LogP contribution is 2.41. The minimum atomic E-state index is -0.112. The number of hydrogen-bond acceptors (Lipinski definition) is 3. The minimum Gasteiger partial charge on any atom is -0.391 e. The lowest BCUT2D eigenvalue weighted by molar-refractivity contribution is -0.0387. The van der Waals surface area contributed by atoms with Gasteiger partial charge in [-0.25, -0.2) is 0 Å². The van der Waals surface area contributed by atoms with Gasteiger partial charge in [-0.05, 0) is 44.4 Å². The molecule has 2 fully saturated rings. The largest absolute Gasteiger partial charge is 0.391 e. The van der Waals surface area contributed by atoms with Gasteiger partial charge in [-0.3, -0.25) is 9.80 Å². The van der Waals surface area contributed by atoms with Gasteiger partial charge in [-0.1, -0.05) is 27.2 Å². The first-order valence-corrected chi connectivity index (χ1v) is 9.01. The van der Waals surface area contributed by atoms with Gasteiger partial charge in [0.05, 0.1) is 6.10 Å². The number of aliphatic hydroxyl groups excluding tert-OH is 1. The van der Waals surface area contributed by atoms with E-state index in [1.54, 1.807) is 0 Å². The maximum absolute atomic E-state index is 10.5. The van der Waals surface area contributed by atoms with Gasteiger partial charge in [0.15, 0.2) is 0 Å². The van der Waals surface area contributed by atoms with Crippen LogP contribution in [0, 0.1) is 11.3 Å². The van der Waals surface area contributed by atoms with Crippen LogP contribution in [0.1, 0.15) is 60.3 Å². The van der Waals surface area contributed by atoms with E-state index in [0.29, 0.717) is 17.5 Å². The van der Waals surface area contributed by atoms with Crippen LogP contribution in [0.25, 0.3) is 0 Å². The Bertz CT molecular complexity index is 321. The average Bonchev–Trinajstić information content (AvgIpc) is 2.47. The van der Waals surface area contributed by atoms with Crippen LogP contribution in [0.15, 0.2) is 0 Å². The fourth-order valence-corrected chi connectivity index (χ4v) is 4.11. The lowest BCUT2D eigenvalue weighted by Crippen LogP contribution is -2.57. The average molecular weight is 296 g/mol. The Morgan fingerprint density at radius 2 is 1.71 bits per heavy atom. The molecule has 1 saturated heterocycles. The zero-order valence-electron chi connectivity index (χ0n) is 14.8. The van der Waals surface area contributed by atoms with E-state index in [2.05, 4.69) is 44.4 Å². The van der Waals surface area contributed by atoms with Crippen LogP contribution >= 0.6 is 0 Å². The van der Waals surface area contributed by atoms with Crippen molar-refractivity contribution >= 4 is 0 Å². The lowest BCUT2D eigenvalue weighted by atomic mass is 9.67. The Labute approximate surface area is 131 Å². The summed E-state index contributed by atoms with van der Waals surface area (Å²) in [6.07, 6.45) is 4.50. The molecule has 1 aliphatic heterocycles. The molecule has 0 bridgehead atoms. The Morgan fingerprint density at radius 1 is 1.10 bits per heavy atom. The van der Waals surface area contributed by atoms with Crippen molar-refractivity contribution in [3.05, 3.63) is 0 Å². The molecule has 0 radical (unpaired) electrons. The molecule has 3 nitrogen and oxygen atoms in total. The molecule has 3 unspecified atom stereocenters. The van der Waals surface area contributed by atoms with Crippen molar-refractivity contribution in [2.24, 2.45) is 11.3 Å². The van der Waals surface area contributed by atoms with E-state index in [0.717, 1.165) is 38.5 Å². The van der Waals surface area contributed by atoms with Gasteiger partial charge < -0.3 is 5.11 Å². The highest BCUT2D eigenvalue weighted by atomic mass is 16.3. The molecule has 21 heavy (non-hydrogen) atoms. The van der Waals surface area contributed by atoms with Crippen molar-refractivity contribution in [1.29, 1.82) is 0 Å². The summed E-state index contributed by atoms with van der Waals surface area (Å²) in [6.45, 7) is 16.2. The molecule has 0 aromatic heterocycles. The predicted octanol–water partition coefficient (Wildman–Crippen LogP) is 2.98. The van der Waals surface area contributed by atoms with Crippen LogP contribution in [0.2, 0.25) is 0 Å². The highest BCUT2D eigenvalue weighted by molar-refractivity contribution is 4.93. The third kappa shape index (κ3) is 4.00. The summed E-state index contributed by atoms with van der Waals surface area (Å²) in [5, 5.41) is 10.5. The van der Waals surface area contributed by atoms with Crippen LogP contribution in [-0.4, -0.2) is 59.3 Å². The molecule has 124 valence electrons. The number of hydrogen-bond donors (Lipinski definition) is 1. The Balaban J connectivity index is 1.95. The fourth-order valence-electron chi connectivity index (χ4n) is 4.11. The SMILES string of the molecule is CCC(C)(C)C1CCC(O)C(N2CCN(C(C)C)CC2)C1. The Kier molecular flexibility index (Phi) is 5.72. The molecular formula is C18H36N2O. The van der Waals surface area contributed by atoms with Crippen LogP contribution in [-0.2, 0) is 0 Å². The van der Waals surface area contributed by atoms with Crippen LogP contribution in [0.4, 0.5) is 0 Å². The van der Waals surface area contributed by atoms with Gasteiger partial charge in [0.25, 0.3) is 0 Å². The van der Waals surface area contributed by atoms with Crippen molar-refractivity contribution in [3.63, 3.8) is 0 Å². The molecule has 3 atom stereocenters. The molecule has 3 heteroatoms. The number of nitrogens with zero attached hydrogens (tertiary/aromatic N) is 2. The second-order valence-electron chi connectivity index (χ2n) is 8.15. The minimum absolute atomic E-state index is 0.112. The molecule has 1 saturated carbocycles. The molecule has 0 amide bonds. The molecule has 0 aromatic rings.